The zero-order valence-corrected chi connectivity index (χ0v) is 10.6. The molecule has 1 aromatic heterocycles. The number of hydrogen-bond acceptors (Lipinski definition) is 3. The summed E-state index contributed by atoms with van der Waals surface area (Å²) in [5.41, 5.74) is 0.661. The number of imidazole rings is 1. The number of nitrogens with one attached hydrogen (secondary N) is 1. The van der Waals surface area contributed by atoms with E-state index in [0.717, 1.165) is 0 Å². The minimum atomic E-state index is -0.453. The molecule has 18 heavy (non-hydrogen) atoms. The van der Waals surface area contributed by atoms with Crippen molar-refractivity contribution in [3.05, 3.63) is 41.4 Å². The summed E-state index contributed by atoms with van der Waals surface area (Å²) in [6.07, 6.45) is 3.39. The highest BCUT2D eigenvalue weighted by molar-refractivity contribution is 6.30. The van der Waals surface area contributed by atoms with Crippen molar-refractivity contribution in [3.63, 3.8) is 0 Å². The van der Waals surface area contributed by atoms with E-state index in [9.17, 15) is 4.39 Å². The van der Waals surface area contributed by atoms with Crippen LogP contribution < -0.4 is 5.32 Å². The molecule has 2 aromatic rings. The second-order valence-electron chi connectivity index (χ2n) is 3.64. The molecule has 96 valence electrons. The Morgan fingerprint density at radius 2 is 2.33 bits per heavy atom. The van der Waals surface area contributed by atoms with Gasteiger partial charge in [-0.3, -0.25) is 4.57 Å². The quantitative estimate of drug-likeness (QED) is 0.849. The van der Waals surface area contributed by atoms with Crippen LogP contribution in [0.4, 0.5) is 10.3 Å². The van der Waals surface area contributed by atoms with Crippen molar-refractivity contribution in [2.24, 2.45) is 0 Å². The van der Waals surface area contributed by atoms with Gasteiger partial charge in [0.05, 0.1) is 17.3 Å². The van der Waals surface area contributed by atoms with Crippen LogP contribution in [0.1, 0.15) is 0 Å². The number of benzene rings is 1. The third-order valence-electron chi connectivity index (χ3n) is 2.41. The number of methoxy groups -OCH3 is 1. The lowest BCUT2D eigenvalue weighted by Crippen LogP contribution is -2.11. The van der Waals surface area contributed by atoms with Crippen LogP contribution >= 0.6 is 11.6 Å². The van der Waals surface area contributed by atoms with E-state index in [0.29, 0.717) is 24.8 Å². The summed E-state index contributed by atoms with van der Waals surface area (Å²) < 4.78 is 20.1. The van der Waals surface area contributed by atoms with Crippen molar-refractivity contribution in [1.29, 1.82) is 0 Å². The molecule has 0 aliphatic carbocycles. The van der Waals surface area contributed by atoms with Crippen LogP contribution in [0, 0.1) is 5.82 Å². The molecule has 0 unspecified atom stereocenters. The van der Waals surface area contributed by atoms with E-state index in [2.05, 4.69) is 10.3 Å². The average molecular weight is 270 g/mol. The minimum Gasteiger partial charge on any atom is -0.383 e. The number of halogens is 2. The number of anilines is 1. The van der Waals surface area contributed by atoms with Gasteiger partial charge in [-0.15, -0.1) is 0 Å². The number of rotatable bonds is 5. The molecule has 0 spiro atoms. The first-order valence-electron chi connectivity index (χ1n) is 5.44. The first-order valence-corrected chi connectivity index (χ1v) is 5.81. The largest absolute Gasteiger partial charge is 0.383 e. The Hall–Kier alpha value is -1.59. The molecular formula is C12H13ClFN3O. The molecule has 0 fully saturated rings. The summed E-state index contributed by atoms with van der Waals surface area (Å²) in [5.74, 6) is 0.180. The average Bonchev–Trinajstić information content (AvgIpc) is 2.81. The van der Waals surface area contributed by atoms with Gasteiger partial charge in [-0.2, -0.15) is 0 Å². The van der Waals surface area contributed by atoms with E-state index in [1.807, 2.05) is 0 Å². The monoisotopic (exact) mass is 269 g/mol. The Morgan fingerprint density at radius 1 is 1.50 bits per heavy atom. The van der Waals surface area contributed by atoms with E-state index in [4.69, 9.17) is 16.3 Å². The summed E-state index contributed by atoms with van der Waals surface area (Å²) in [7, 11) is 1.63. The number of aromatic nitrogens is 2. The number of ether oxygens (including phenoxy) is 1. The molecule has 6 heteroatoms. The maximum Gasteiger partial charge on any atom is 0.207 e. The second kappa shape index (κ2) is 5.84. The predicted octanol–water partition coefficient (Wildman–Crippen LogP) is 2.72. The highest BCUT2D eigenvalue weighted by Gasteiger charge is 2.07. The molecule has 2 rings (SSSR count). The van der Waals surface area contributed by atoms with Gasteiger partial charge in [0.2, 0.25) is 5.95 Å². The third kappa shape index (κ3) is 2.80. The molecule has 0 saturated heterocycles. The molecule has 0 amide bonds. The normalized spacial score (nSPS) is 10.6. The summed E-state index contributed by atoms with van der Waals surface area (Å²) in [6.45, 7) is 1.20. The molecule has 4 nitrogen and oxygen atoms in total. The first-order chi connectivity index (χ1) is 8.72. The number of hydrogen-bond donors (Lipinski definition) is 1. The molecule has 0 saturated carbocycles. The van der Waals surface area contributed by atoms with Crippen molar-refractivity contribution in [3.8, 4) is 5.69 Å². The zero-order valence-electron chi connectivity index (χ0n) is 9.86. The van der Waals surface area contributed by atoms with E-state index < -0.39 is 5.82 Å². The van der Waals surface area contributed by atoms with Crippen LogP contribution in [-0.4, -0.2) is 29.8 Å². The van der Waals surface area contributed by atoms with Gasteiger partial charge in [0, 0.05) is 26.0 Å². The first kappa shape index (κ1) is 12.9. The van der Waals surface area contributed by atoms with Gasteiger partial charge >= 0.3 is 0 Å². The Labute approximate surface area is 109 Å². The molecule has 0 aliphatic heterocycles. The van der Waals surface area contributed by atoms with Crippen LogP contribution in [-0.2, 0) is 4.74 Å². The molecule has 0 atom stereocenters. The molecular weight excluding hydrogens is 257 g/mol. The molecule has 1 aromatic carbocycles. The van der Waals surface area contributed by atoms with Crippen LogP contribution in [0.5, 0.6) is 0 Å². The van der Waals surface area contributed by atoms with Crippen molar-refractivity contribution in [1.82, 2.24) is 9.55 Å². The van der Waals surface area contributed by atoms with Crippen molar-refractivity contribution in [2.45, 2.75) is 0 Å². The van der Waals surface area contributed by atoms with E-state index in [1.54, 1.807) is 30.1 Å². The highest BCUT2D eigenvalue weighted by atomic mass is 35.5. The molecule has 1 N–H and O–H groups in total. The summed E-state index contributed by atoms with van der Waals surface area (Å²) >= 11 is 5.65. The van der Waals surface area contributed by atoms with Crippen LogP contribution in [0.25, 0.3) is 5.69 Å². The molecule has 1 heterocycles. The Kier molecular flexibility index (Phi) is 4.17. The summed E-state index contributed by atoms with van der Waals surface area (Å²) in [6, 6.07) is 4.62. The van der Waals surface area contributed by atoms with E-state index in [1.165, 1.54) is 12.1 Å². The van der Waals surface area contributed by atoms with Crippen molar-refractivity contribution < 1.29 is 9.13 Å². The fourth-order valence-electron chi connectivity index (χ4n) is 1.54. The Balaban J connectivity index is 2.22. The van der Waals surface area contributed by atoms with Crippen molar-refractivity contribution in [2.75, 3.05) is 25.6 Å². The van der Waals surface area contributed by atoms with E-state index >= 15 is 0 Å². The number of nitrogens with zero attached hydrogens (tertiary/aromatic N) is 2. The maximum atomic E-state index is 13.4. The van der Waals surface area contributed by atoms with Crippen molar-refractivity contribution >= 4 is 17.5 Å². The van der Waals surface area contributed by atoms with Crippen LogP contribution in [0.3, 0.4) is 0 Å². The SMILES string of the molecule is COCCNc1nccn1-c1ccc(Cl)c(F)c1. The van der Waals surface area contributed by atoms with Crippen LogP contribution in [0.15, 0.2) is 30.6 Å². The Morgan fingerprint density at radius 3 is 3.06 bits per heavy atom. The van der Waals surface area contributed by atoms with Gasteiger partial charge in [-0.1, -0.05) is 11.6 Å². The molecule has 0 aliphatic rings. The lowest BCUT2D eigenvalue weighted by molar-refractivity contribution is 0.210. The molecule has 0 radical (unpaired) electrons. The highest BCUT2D eigenvalue weighted by Crippen LogP contribution is 2.20. The second-order valence-corrected chi connectivity index (χ2v) is 4.05. The zero-order chi connectivity index (χ0) is 13.0. The topological polar surface area (TPSA) is 39.1 Å². The summed E-state index contributed by atoms with van der Waals surface area (Å²) in [5, 5.41) is 3.20. The van der Waals surface area contributed by atoms with Gasteiger partial charge < -0.3 is 10.1 Å². The maximum absolute atomic E-state index is 13.4. The lowest BCUT2D eigenvalue weighted by Gasteiger charge is -2.09. The van der Waals surface area contributed by atoms with Gasteiger partial charge in [-0.05, 0) is 18.2 Å². The van der Waals surface area contributed by atoms with Crippen LogP contribution in [0.2, 0.25) is 5.02 Å². The van der Waals surface area contributed by atoms with Gasteiger partial charge in [0.15, 0.2) is 0 Å². The summed E-state index contributed by atoms with van der Waals surface area (Å²) in [4.78, 5) is 4.16. The Bertz CT molecular complexity index is 530. The van der Waals surface area contributed by atoms with Gasteiger partial charge in [-0.25, -0.2) is 9.37 Å². The third-order valence-corrected chi connectivity index (χ3v) is 2.72. The smallest absolute Gasteiger partial charge is 0.207 e. The molecule has 0 bridgehead atoms. The standard InChI is InChI=1S/C12H13ClFN3O/c1-18-7-5-16-12-15-4-6-17(12)9-2-3-10(13)11(14)8-9/h2-4,6,8H,5,7H2,1H3,(H,15,16). The minimum absolute atomic E-state index is 0.104. The fraction of sp³-hybridized carbons (Fsp3) is 0.250. The van der Waals surface area contributed by atoms with E-state index in [-0.39, 0.29) is 5.02 Å². The lowest BCUT2D eigenvalue weighted by atomic mass is 10.3. The van der Waals surface area contributed by atoms with Gasteiger partial charge in [0.25, 0.3) is 0 Å². The van der Waals surface area contributed by atoms with Gasteiger partial charge in [0.1, 0.15) is 5.82 Å². The fourth-order valence-corrected chi connectivity index (χ4v) is 1.66. The predicted molar refractivity (Wildman–Crippen MR) is 68.9 cm³/mol.